The average molecular weight is 380 g/mol. The number of carbonyl (C=O) groups excluding carboxylic acids is 1. The molecule has 1 N–H and O–H groups in total. The van der Waals surface area contributed by atoms with Crippen molar-refractivity contribution in [1.82, 2.24) is 19.9 Å². The van der Waals surface area contributed by atoms with E-state index in [0.29, 0.717) is 22.6 Å². The number of hydrogen-bond donors (Lipinski definition) is 1. The minimum Gasteiger partial charge on any atom is -0.341 e. The Balaban J connectivity index is 1.68. The number of benzene rings is 1. The van der Waals surface area contributed by atoms with Crippen LogP contribution in [0.15, 0.2) is 53.6 Å². The molecule has 3 aromatic rings. The lowest BCUT2D eigenvalue weighted by Gasteiger charge is -2.18. The first-order valence-electron chi connectivity index (χ1n) is 8.93. The van der Waals surface area contributed by atoms with Crippen molar-refractivity contribution in [3.63, 3.8) is 0 Å². The van der Waals surface area contributed by atoms with Crippen molar-refractivity contribution in [2.75, 3.05) is 7.05 Å². The van der Waals surface area contributed by atoms with Crippen LogP contribution in [0.3, 0.4) is 0 Å². The van der Waals surface area contributed by atoms with E-state index in [2.05, 4.69) is 15.0 Å². The molecule has 0 fully saturated rings. The molecular formula is C21H21FN4O2. The zero-order chi connectivity index (χ0) is 20.1. The Hall–Kier alpha value is -3.35. The highest BCUT2D eigenvalue weighted by molar-refractivity contribution is 5.76. The molecule has 7 heteroatoms. The lowest BCUT2D eigenvalue weighted by Crippen LogP contribution is -2.28. The molecule has 0 atom stereocenters. The summed E-state index contributed by atoms with van der Waals surface area (Å²) in [5.74, 6) is -0.0645. The number of hydrogen-bond acceptors (Lipinski definition) is 4. The molecule has 0 unspecified atom stereocenters. The first kappa shape index (κ1) is 19.4. The molecule has 28 heavy (non-hydrogen) atoms. The maximum absolute atomic E-state index is 13.8. The topological polar surface area (TPSA) is 79.0 Å². The van der Waals surface area contributed by atoms with E-state index in [4.69, 9.17) is 0 Å². The van der Waals surface area contributed by atoms with Crippen LogP contribution in [-0.4, -0.2) is 32.8 Å². The zero-order valence-corrected chi connectivity index (χ0v) is 15.8. The maximum Gasteiger partial charge on any atom is 0.254 e. The summed E-state index contributed by atoms with van der Waals surface area (Å²) in [5.41, 5.74) is 1.95. The molecule has 0 saturated carbocycles. The number of carbonyl (C=O) groups is 1. The van der Waals surface area contributed by atoms with Gasteiger partial charge < -0.3 is 9.88 Å². The van der Waals surface area contributed by atoms with Crippen LogP contribution in [0, 0.1) is 12.7 Å². The summed E-state index contributed by atoms with van der Waals surface area (Å²) in [6.45, 7) is 1.93. The van der Waals surface area contributed by atoms with Crippen LogP contribution in [0.5, 0.6) is 0 Å². The number of aromatic amines is 1. The summed E-state index contributed by atoms with van der Waals surface area (Å²) in [6, 6.07) is 9.93. The predicted molar refractivity (Wildman–Crippen MR) is 104 cm³/mol. The van der Waals surface area contributed by atoms with Crippen molar-refractivity contribution < 1.29 is 9.18 Å². The molecule has 0 aliphatic rings. The quantitative estimate of drug-likeness (QED) is 0.713. The minimum atomic E-state index is -0.343. The minimum absolute atomic E-state index is 0.142. The third-order valence-electron chi connectivity index (χ3n) is 4.54. The van der Waals surface area contributed by atoms with Crippen LogP contribution < -0.4 is 5.56 Å². The number of pyridine rings is 1. The first-order valence-corrected chi connectivity index (χ1v) is 8.93. The highest BCUT2D eigenvalue weighted by atomic mass is 19.1. The molecule has 0 bridgehead atoms. The fourth-order valence-electron chi connectivity index (χ4n) is 2.94. The van der Waals surface area contributed by atoms with Gasteiger partial charge in [0.05, 0.1) is 0 Å². The van der Waals surface area contributed by atoms with Crippen LogP contribution in [0.4, 0.5) is 4.39 Å². The Morgan fingerprint density at radius 2 is 2.00 bits per heavy atom. The Morgan fingerprint density at radius 3 is 2.68 bits per heavy atom. The maximum atomic E-state index is 13.8. The number of H-pyrrole nitrogens is 1. The second kappa shape index (κ2) is 8.56. The van der Waals surface area contributed by atoms with Gasteiger partial charge in [0.25, 0.3) is 5.56 Å². The van der Waals surface area contributed by atoms with Gasteiger partial charge in [-0.25, -0.2) is 9.37 Å². The Morgan fingerprint density at radius 1 is 1.21 bits per heavy atom. The molecule has 3 rings (SSSR count). The number of nitrogens with one attached hydrogen (secondary N) is 1. The van der Waals surface area contributed by atoms with E-state index in [1.165, 1.54) is 11.0 Å². The van der Waals surface area contributed by atoms with Crippen LogP contribution in [0.25, 0.3) is 11.4 Å². The second-order valence-corrected chi connectivity index (χ2v) is 6.56. The lowest BCUT2D eigenvalue weighted by atomic mass is 10.1. The summed E-state index contributed by atoms with van der Waals surface area (Å²) in [5, 5.41) is 0. The van der Waals surface area contributed by atoms with Crippen molar-refractivity contribution in [2.24, 2.45) is 0 Å². The van der Waals surface area contributed by atoms with E-state index < -0.39 is 0 Å². The fourth-order valence-corrected chi connectivity index (χ4v) is 2.94. The molecule has 0 aliphatic carbocycles. The molecule has 6 nitrogen and oxygen atoms in total. The van der Waals surface area contributed by atoms with E-state index in [0.717, 1.165) is 5.56 Å². The molecule has 0 aliphatic heterocycles. The summed E-state index contributed by atoms with van der Waals surface area (Å²) < 4.78 is 13.8. The fraction of sp³-hybridized carbons (Fsp3) is 0.238. The Bertz CT molecular complexity index is 1030. The molecule has 1 amide bonds. The standard InChI is InChI=1S/C21H21FN4O2/c1-14-17(21(28)25-20(24-14)15-7-5-11-23-12-15)9-10-19(27)26(2)13-16-6-3-4-8-18(16)22/h3-8,11-12H,9-10,13H2,1-2H3,(H,24,25,28). The van der Waals surface area contributed by atoms with E-state index in [9.17, 15) is 14.0 Å². The molecule has 1 aromatic carbocycles. The third kappa shape index (κ3) is 4.49. The van der Waals surface area contributed by atoms with Gasteiger partial charge in [0, 0.05) is 54.8 Å². The largest absolute Gasteiger partial charge is 0.341 e. The zero-order valence-electron chi connectivity index (χ0n) is 15.8. The SMILES string of the molecule is Cc1nc(-c2cccnc2)[nH]c(=O)c1CCC(=O)N(C)Cc1ccccc1F. The molecule has 144 valence electrons. The molecular weight excluding hydrogens is 359 g/mol. The van der Waals surface area contributed by atoms with Crippen molar-refractivity contribution in [1.29, 1.82) is 0 Å². The van der Waals surface area contributed by atoms with Crippen LogP contribution in [0.1, 0.15) is 23.2 Å². The van der Waals surface area contributed by atoms with E-state index >= 15 is 0 Å². The first-order chi connectivity index (χ1) is 13.5. The average Bonchev–Trinajstić information content (AvgIpc) is 2.69. The summed E-state index contributed by atoms with van der Waals surface area (Å²) >= 11 is 0. The van der Waals surface area contributed by atoms with Gasteiger partial charge in [-0.2, -0.15) is 0 Å². The highest BCUT2D eigenvalue weighted by Gasteiger charge is 2.15. The third-order valence-corrected chi connectivity index (χ3v) is 4.54. The number of rotatable bonds is 6. The van der Waals surface area contributed by atoms with Gasteiger partial charge >= 0.3 is 0 Å². The highest BCUT2D eigenvalue weighted by Crippen LogP contribution is 2.14. The van der Waals surface area contributed by atoms with E-state index in [-0.39, 0.29) is 36.7 Å². The lowest BCUT2D eigenvalue weighted by molar-refractivity contribution is -0.130. The second-order valence-electron chi connectivity index (χ2n) is 6.56. The van der Waals surface area contributed by atoms with Crippen LogP contribution in [-0.2, 0) is 17.8 Å². The normalized spacial score (nSPS) is 10.7. The van der Waals surface area contributed by atoms with E-state index in [1.807, 2.05) is 6.07 Å². The molecule has 2 aromatic heterocycles. The summed E-state index contributed by atoms with van der Waals surface area (Å²) in [7, 11) is 1.62. The monoisotopic (exact) mass is 380 g/mol. The van der Waals surface area contributed by atoms with Crippen molar-refractivity contribution >= 4 is 5.91 Å². The Kier molecular flexibility index (Phi) is 5.93. The summed E-state index contributed by atoms with van der Waals surface area (Å²) in [4.78, 5) is 37.5. The van der Waals surface area contributed by atoms with Crippen LogP contribution >= 0.6 is 0 Å². The number of aromatic nitrogens is 3. The number of aryl methyl sites for hydroxylation is 1. The van der Waals surface area contributed by atoms with Gasteiger partial charge in [-0.1, -0.05) is 18.2 Å². The van der Waals surface area contributed by atoms with Gasteiger partial charge in [0.15, 0.2) is 0 Å². The van der Waals surface area contributed by atoms with Crippen molar-refractivity contribution in [3.05, 3.63) is 81.8 Å². The van der Waals surface area contributed by atoms with Crippen LogP contribution in [0.2, 0.25) is 0 Å². The molecule has 0 saturated heterocycles. The Labute approximate surface area is 162 Å². The number of amides is 1. The van der Waals surface area contributed by atoms with E-state index in [1.54, 1.807) is 50.6 Å². The molecule has 2 heterocycles. The number of halogens is 1. The van der Waals surface area contributed by atoms with Crippen molar-refractivity contribution in [3.8, 4) is 11.4 Å². The van der Waals surface area contributed by atoms with Gasteiger partial charge in [-0.3, -0.25) is 14.6 Å². The number of nitrogens with zero attached hydrogens (tertiary/aromatic N) is 3. The van der Waals surface area contributed by atoms with Gasteiger partial charge in [-0.05, 0) is 31.5 Å². The molecule has 0 radical (unpaired) electrons. The summed E-state index contributed by atoms with van der Waals surface area (Å²) in [6.07, 6.45) is 3.68. The smallest absolute Gasteiger partial charge is 0.254 e. The van der Waals surface area contributed by atoms with Gasteiger partial charge in [0.2, 0.25) is 5.91 Å². The van der Waals surface area contributed by atoms with Gasteiger partial charge in [-0.15, -0.1) is 0 Å². The van der Waals surface area contributed by atoms with Gasteiger partial charge in [0.1, 0.15) is 11.6 Å². The molecule has 0 spiro atoms. The predicted octanol–water partition coefficient (Wildman–Crippen LogP) is 2.87. The van der Waals surface area contributed by atoms with Crippen molar-refractivity contribution in [2.45, 2.75) is 26.3 Å².